The third-order valence-corrected chi connectivity index (χ3v) is 4.09. The van der Waals surface area contributed by atoms with Crippen molar-refractivity contribution >= 4 is 23.7 Å². The van der Waals surface area contributed by atoms with E-state index in [2.05, 4.69) is 20.4 Å². The summed E-state index contributed by atoms with van der Waals surface area (Å²) >= 11 is 5.80. The first-order chi connectivity index (χ1) is 15.1. The van der Waals surface area contributed by atoms with Gasteiger partial charge in [0.05, 0.1) is 11.4 Å². The second-order valence-corrected chi connectivity index (χ2v) is 8.13. The van der Waals surface area contributed by atoms with Crippen LogP contribution in [0.1, 0.15) is 26.7 Å². The lowest BCUT2D eigenvalue weighted by atomic mass is 10.2. The number of amides is 1. The van der Waals surface area contributed by atoms with Gasteiger partial charge in [-0.05, 0) is 51.1 Å². The van der Waals surface area contributed by atoms with E-state index in [1.807, 2.05) is 0 Å². The number of benzene rings is 1. The van der Waals surface area contributed by atoms with Crippen molar-refractivity contribution in [3.8, 4) is 23.0 Å². The molecule has 2 aromatic heterocycles. The van der Waals surface area contributed by atoms with Crippen LogP contribution in [0.2, 0.25) is 5.02 Å². The quantitative estimate of drug-likeness (QED) is 0.533. The van der Waals surface area contributed by atoms with E-state index in [9.17, 15) is 14.7 Å². The molecule has 0 radical (unpaired) electrons. The van der Waals surface area contributed by atoms with E-state index in [-0.39, 0.29) is 18.1 Å². The number of carbonyl (C=O) groups excluding carboxylic acids is 1. The molecule has 0 aliphatic rings. The number of aromatic nitrogens is 3. The monoisotopic (exact) mass is 460 g/mol. The first-order valence-electron chi connectivity index (χ1n) is 9.54. The van der Waals surface area contributed by atoms with Crippen molar-refractivity contribution in [1.82, 2.24) is 20.4 Å². The molecule has 2 heterocycles. The first kappa shape index (κ1) is 23.0. The number of hydrogen-bond donors (Lipinski definition) is 2. The summed E-state index contributed by atoms with van der Waals surface area (Å²) < 4.78 is 15.9. The molecule has 0 aliphatic carbocycles. The zero-order valence-electron chi connectivity index (χ0n) is 17.5. The molecule has 10 nitrogen and oxygen atoms in total. The molecular formula is C21H21ClN4O6. The van der Waals surface area contributed by atoms with Crippen LogP contribution >= 0.6 is 11.6 Å². The summed E-state index contributed by atoms with van der Waals surface area (Å²) in [6.07, 6.45) is 0.425. The number of ether oxygens (including phenoxy) is 2. The van der Waals surface area contributed by atoms with Crippen LogP contribution in [0.3, 0.4) is 0 Å². The van der Waals surface area contributed by atoms with Crippen LogP contribution in [0.25, 0.3) is 11.4 Å². The van der Waals surface area contributed by atoms with E-state index in [1.54, 1.807) is 57.2 Å². The molecule has 0 bridgehead atoms. The molecule has 32 heavy (non-hydrogen) atoms. The normalized spacial score (nSPS) is 12.1. The Kier molecular flexibility index (Phi) is 6.94. The van der Waals surface area contributed by atoms with Crippen LogP contribution in [-0.2, 0) is 16.0 Å². The highest BCUT2D eigenvalue weighted by atomic mass is 35.5. The zero-order valence-corrected chi connectivity index (χ0v) is 18.3. The van der Waals surface area contributed by atoms with Gasteiger partial charge in [0.2, 0.25) is 17.6 Å². The Balaban J connectivity index is 1.64. The lowest BCUT2D eigenvalue weighted by Crippen LogP contribution is -2.44. The van der Waals surface area contributed by atoms with Crippen molar-refractivity contribution in [3.05, 3.63) is 53.5 Å². The number of aliphatic carboxylic acids is 1. The molecule has 0 saturated heterocycles. The highest BCUT2D eigenvalue weighted by Crippen LogP contribution is 2.24. The molecule has 0 spiro atoms. The summed E-state index contributed by atoms with van der Waals surface area (Å²) in [6.45, 7) is 5.03. The average molecular weight is 461 g/mol. The number of pyridine rings is 1. The van der Waals surface area contributed by atoms with Crippen molar-refractivity contribution in [2.45, 2.75) is 38.8 Å². The second kappa shape index (κ2) is 9.65. The number of alkyl carbamates (subject to hydrolysis) is 1. The summed E-state index contributed by atoms with van der Waals surface area (Å²) in [4.78, 5) is 31.7. The standard InChI is InChI=1S/C21H21ClN4O6/c1-21(2,3)31-20(29)24-15(19(27)28)10-17-25-18(26-32-17)12-4-7-14(8-5-12)30-16-9-6-13(22)11-23-16/h4-9,11,15H,10H2,1-3H3,(H,24,29)(H,27,28)/t15-/m0/s1. The van der Waals surface area contributed by atoms with Gasteiger partial charge in [-0.25, -0.2) is 14.6 Å². The Bertz CT molecular complexity index is 1080. The molecule has 0 fully saturated rings. The number of carboxylic acid groups (broad SMARTS) is 1. The molecule has 0 unspecified atom stereocenters. The maximum Gasteiger partial charge on any atom is 0.408 e. The van der Waals surface area contributed by atoms with Gasteiger partial charge in [0, 0.05) is 17.8 Å². The number of carbonyl (C=O) groups is 2. The van der Waals surface area contributed by atoms with E-state index in [1.165, 1.54) is 6.20 Å². The lowest BCUT2D eigenvalue weighted by molar-refractivity contribution is -0.139. The highest BCUT2D eigenvalue weighted by Gasteiger charge is 2.26. The Morgan fingerprint density at radius 3 is 2.50 bits per heavy atom. The fourth-order valence-electron chi connectivity index (χ4n) is 2.49. The number of carboxylic acids is 1. The summed E-state index contributed by atoms with van der Waals surface area (Å²) in [5, 5.41) is 16.0. The topological polar surface area (TPSA) is 137 Å². The SMILES string of the molecule is CC(C)(C)OC(=O)N[C@@H](Cc1nc(-c2ccc(Oc3ccc(Cl)cn3)cc2)no1)C(=O)O. The van der Waals surface area contributed by atoms with Crippen LogP contribution in [0.4, 0.5) is 4.79 Å². The fourth-order valence-corrected chi connectivity index (χ4v) is 2.61. The average Bonchev–Trinajstić information content (AvgIpc) is 3.17. The summed E-state index contributed by atoms with van der Waals surface area (Å²) in [5.74, 6) is -0.0133. The van der Waals surface area contributed by atoms with Crippen molar-refractivity contribution in [1.29, 1.82) is 0 Å². The molecule has 11 heteroatoms. The van der Waals surface area contributed by atoms with Crippen LogP contribution < -0.4 is 10.1 Å². The third-order valence-electron chi connectivity index (χ3n) is 3.87. The van der Waals surface area contributed by atoms with E-state index in [4.69, 9.17) is 25.6 Å². The number of nitrogens with one attached hydrogen (secondary N) is 1. The maximum absolute atomic E-state index is 11.9. The smallest absolute Gasteiger partial charge is 0.408 e. The van der Waals surface area contributed by atoms with E-state index in [0.717, 1.165) is 0 Å². The van der Waals surface area contributed by atoms with Crippen LogP contribution in [0.5, 0.6) is 11.6 Å². The second-order valence-electron chi connectivity index (χ2n) is 7.69. The minimum absolute atomic E-state index is 0.0501. The highest BCUT2D eigenvalue weighted by molar-refractivity contribution is 6.30. The Labute approximate surface area is 188 Å². The number of nitrogens with zero attached hydrogens (tertiary/aromatic N) is 3. The number of rotatable bonds is 7. The first-order valence-corrected chi connectivity index (χ1v) is 9.91. The Morgan fingerprint density at radius 1 is 1.19 bits per heavy atom. The molecule has 3 rings (SSSR count). The summed E-state index contributed by atoms with van der Waals surface area (Å²) in [6, 6.07) is 8.85. The molecule has 1 aromatic carbocycles. The predicted octanol–water partition coefficient (Wildman–Crippen LogP) is 4.10. The van der Waals surface area contributed by atoms with E-state index >= 15 is 0 Å². The molecule has 0 saturated carbocycles. The Morgan fingerprint density at radius 2 is 1.91 bits per heavy atom. The van der Waals surface area contributed by atoms with Crippen LogP contribution in [0.15, 0.2) is 47.1 Å². The van der Waals surface area contributed by atoms with Crippen molar-refractivity contribution in [2.24, 2.45) is 0 Å². The van der Waals surface area contributed by atoms with Crippen LogP contribution in [0, 0.1) is 0 Å². The van der Waals surface area contributed by atoms with Crippen LogP contribution in [-0.4, -0.2) is 43.9 Å². The van der Waals surface area contributed by atoms with E-state index < -0.39 is 23.7 Å². The van der Waals surface area contributed by atoms with Crippen molar-refractivity contribution in [3.63, 3.8) is 0 Å². The number of hydrogen-bond acceptors (Lipinski definition) is 8. The summed E-state index contributed by atoms with van der Waals surface area (Å²) in [7, 11) is 0. The van der Waals surface area contributed by atoms with Gasteiger partial charge in [-0.2, -0.15) is 4.98 Å². The molecule has 1 amide bonds. The lowest BCUT2D eigenvalue weighted by Gasteiger charge is -2.21. The van der Waals surface area contributed by atoms with Gasteiger partial charge >= 0.3 is 12.1 Å². The third kappa shape index (κ3) is 6.67. The zero-order chi connectivity index (χ0) is 23.3. The largest absolute Gasteiger partial charge is 0.480 e. The Hall–Kier alpha value is -3.66. The fraction of sp³-hybridized carbons (Fsp3) is 0.286. The molecule has 168 valence electrons. The molecule has 2 N–H and O–H groups in total. The predicted molar refractivity (Wildman–Crippen MR) is 114 cm³/mol. The van der Waals surface area contributed by atoms with Crippen molar-refractivity contribution < 1.29 is 28.7 Å². The molecule has 1 atom stereocenters. The molecular weight excluding hydrogens is 440 g/mol. The minimum atomic E-state index is -1.29. The van der Waals surface area contributed by atoms with E-state index in [0.29, 0.717) is 22.2 Å². The number of halogens is 1. The molecule has 3 aromatic rings. The maximum atomic E-state index is 11.9. The van der Waals surface area contributed by atoms with Gasteiger partial charge in [-0.3, -0.25) is 0 Å². The van der Waals surface area contributed by atoms with Gasteiger partial charge < -0.3 is 24.4 Å². The summed E-state index contributed by atoms with van der Waals surface area (Å²) in [5.41, 5.74) is -0.131. The van der Waals surface area contributed by atoms with Gasteiger partial charge in [-0.15, -0.1) is 0 Å². The van der Waals surface area contributed by atoms with Gasteiger partial charge in [-0.1, -0.05) is 16.8 Å². The molecule has 0 aliphatic heterocycles. The van der Waals surface area contributed by atoms with Gasteiger partial charge in [0.1, 0.15) is 17.4 Å². The minimum Gasteiger partial charge on any atom is -0.480 e. The van der Waals surface area contributed by atoms with Crippen molar-refractivity contribution in [2.75, 3.05) is 0 Å². The van der Waals surface area contributed by atoms with Gasteiger partial charge in [0.15, 0.2) is 0 Å². The van der Waals surface area contributed by atoms with Gasteiger partial charge in [0.25, 0.3) is 0 Å².